The van der Waals surface area contributed by atoms with E-state index >= 15 is 0 Å². The molecule has 0 spiro atoms. The normalized spacial score (nSPS) is 14.5. The zero-order chi connectivity index (χ0) is 26.8. The number of fused-ring (bicyclic) bond motifs is 1. The van der Waals surface area contributed by atoms with E-state index in [1.165, 1.54) is 6.33 Å². The largest absolute Gasteiger partial charge is 0.493 e. The smallest absolute Gasteiger partial charge is 0.255 e. The van der Waals surface area contributed by atoms with Crippen molar-refractivity contribution in [1.82, 2.24) is 14.8 Å². The molecule has 38 heavy (non-hydrogen) atoms. The maximum absolute atomic E-state index is 13.5. The van der Waals surface area contributed by atoms with E-state index < -0.39 is 6.04 Å². The molecule has 1 aliphatic heterocycles. The number of allylic oxidation sites excluding steroid dienone is 1. The number of anilines is 2. The molecule has 0 fully saturated rings. The van der Waals surface area contributed by atoms with Gasteiger partial charge in [0.2, 0.25) is 5.95 Å². The van der Waals surface area contributed by atoms with E-state index in [9.17, 15) is 4.79 Å². The van der Waals surface area contributed by atoms with Crippen LogP contribution in [-0.4, -0.2) is 27.8 Å². The Morgan fingerprint density at radius 3 is 2.50 bits per heavy atom. The van der Waals surface area contributed by atoms with Gasteiger partial charge in [0.1, 0.15) is 19.0 Å². The average Bonchev–Trinajstić information content (AvgIpc) is 3.37. The number of halogens is 3. The summed E-state index contributed by atoms with van der Waals surface area (Å²) in [7, 11) is 1.55. The van der Waals surface area contributed by atoms with Crippen LogP contribution in [0.1, 0.15) is 24.1 Å². The maximum atomic E-state index is 13.5. The molecule has 0 saturated carbocycles. The number of aromatic nitrogens is 3. The van der Waals surface area contributed by atoms with Crippen LogP contribution in [0.2, 0.25) is 15.1 Å². The quantitative estimate of drug-likeness (QED) is 0.255. The fraction of sp³-hybridized carbons (Fsp3) is 0.148. The standard InChI is InChI=1S/C27H22Cl3N5O3/c1-15-24(26(36)34-18-9-7-17(28)8-10-18)25(35-27(33-15)31-14-32-35)16-6-11-22(23(12-16)37-2)38-13-19-20(29)4-3-5-21(19)30/h3-12,14,25H,13H2,1-2H3,(H,34,36)(H,31,32,33)/t25-/m0/s1. The number of rotatable bonds is 7. The van der Waals surface area contributed by atoms with E-state index in [2.05, 4.69) is 20.7 Å². The summed E-state index contributed by atoms with van der Waals surface area (Å²) in [4.78, 5) is 17.8. The molecule has 1 aromatic heterocycles. The lowest BCUT2D eigenvalue weighted by molar-refractivity contribution is -0.113. The lowest BCUT2D eigenvalue weighted by Crippen LogP contribution is -2.31. The van der Waals surface area contributed by atoms with Crippen LogP contribution in [0.4, 0.5) is 11.6 Å². The first-order valence-corrected chi connectivity index (χ1v) is 12.7. The highest BCUT2D eigenvalue weighted by atomic mass is 35.5. The third kappa shape index (κ3) is 5.15. The van der Waals surface area contributed by atoms with Gasteiger partial charge in [0.25, 0.3) is 5.91 Å². The summed E-state index contributed by atoms with van der Waals surface area (Å²) < 4.78 is 13.3. The monoisotopic (exact) mass is 569 g/mol. The van der Waals surface area contributed by atoms with E-state index in [4.69, 9.17) is 44.3 Å². The number of nitrogens with zero attached hydrogens (tertiary/aromatic N) is 3. The zero-order valence-corrected chi connectivity index (χ0v) is 22.6. The molecule has 0 bridgehead atoms. The number of hydrogen-bond acceptors (Lipinski definition) is 6. The topological polar surface area (TPSA) is 90.3 Å². The number of benzene rings is 3. The number of carbonyl (C=O) groups excluding carboxylic acids is 1. The summed E-state index contributed by atoms with van der Waals surface area (Å²) in [5.41, 5.74) is 3.15. The van der Waals surface area contributed by atoms with Crippen LogP contribution in [-0.2, 0) is 11.4 Å². The van der Waals surface area contributed by atoms with Gasteiger partial charge < -0.3 is 20.1 Å². The minimum absolute atomic E-state index is 0.155. The first-order valence-electron chi connectivity index (χ1n) is 11.5. The molecule has 194 valence electrons. The van der Waals surface area contributed by atoms with Gasteiger partial charge in [0, 0.05) is 32.0 Å². The van der Waals surface area contributed by atoms with Crippen LogP contribution in [0, 0.1) is 0 Å². The van der Waals surface area contributed by atoms with Gasteiger partial charge in [0.15, 0.2) is 11.5 Å². The molecular formula is C27H22Cl3N5O3. The Kier molecular flexibility index (Phi) is 7.46. The SMILES string of the molecule is COc1cc([C@H]2C(C(=O)Nc3ccc(Cl)cc3)=C(C)Nc3ncnn32)ccc1OCc1c(Cl)cccc1Cl. The third-order valence-electron chi connectivity index (χ3n) is 6.08. The fourth-order valence-corrected chi connectivity index (χ4v) is 4.85. The molecule has 1 aliphatic rings. The van der Waals surface area contributed by atoms with Crippen LogP contribution in [0.5, 0.6) is 11.5 Å². The van der Waals surface area contributed by atoms with Crippen molar-refractivity contribution in [3.8, 4) is 11.5 Å². The fourth-order valence-electron chi connectivity index (χ4n) is 4.22. The van der Waals surface area contributed by atoms with Crippen LogP contribution >= 0.6 is 34.8 Å². The Bertz CT molecular complexity index is 1520. The van der Waals surface area contributed by atoms with Gasteiger partial charge in [-0.15, -0.1) is 0 Å². The van der Waals surface area contributed by atoms with Gasteiger partial charge in [-0.3, -0.25) is 4.79 Å². The zero-order valence-electron chi connectivity index (χ0n) is 20.3. The highest BCUT2D eigenvalue weighted by molar-refractivity contribution is 6.36. The first kappa shape index (κ1) is 25.9. The molecular weight excluding hydrogens is 549 g/mol. The molecule has 0 aliphatic carbocycles. The molecule has 1 amide bonds. The first-order chi connectivity index (χ1) is 18.4. The van der Waals surface area contributed by atoms with E-state index in [1.54, 1.807) is 60.3 Å². The van der Waals surface area contributed by atoms with Crippen molar-refractivity contribution in [2.45, 2.75) is 19.6 Å². The van der Waals surface area contributed by atoms with Crippen molar-refractivity contribution < 1.29 is 14.3 Å². The summed E-state index contributed by atoms with van der Waals surface area (Å²) in [5, 5.41) is 12.1. The Labute approximate surface area is 234 Å². The van der Waals surface area contributed by atoms with Crippen molar-refractivity contribution in [3.05, 3.63) is 104 Å². The molecule has 8 nitrogen and oxygen atoms in total. The van der Waals surface area contributed by atoms with Crippen molar-refractivity contribution in [3.63, 3.8) is 0 Å². The molecule has 0 unspecified atom stereocenters. The van der Waals surface area contributed by atoms with Gasteiger partial charge in [0.05, 0.1) is 12.7 Å². The summed E-state index contributed by atoms with van der Waals surface area (Å²) in [6, 6.07) is 17.1. The summed E-state index contributed by atoms with van der Waals surface area (Å²) in [5.74, 6) is 1.19. The van der Waals surface area contributed by atoms with Gasteiger partial charge in [-0.1, -0.05) is 46.9 Å². The second-order valence-corrected chi connectivity index (χ2v) is 9.71. The second-order valence-electron chi connectivity index (χ2n) is 8.45. The average molecular weight is 571 g/mol. The van der Waals surface area contributed by atoms with Crippen LogP contribution in [0.15, 0.2) is 78.3 Å². The van der Waals surface area contributed by atoms with Crippen LogP contribution in [0.25, 0.3) is 0 Å². The molecule has 4 aromatic rings. The number of hydrogen-bond donors (Lipinski definition) is 2. The predicted molar refractivity (Wildman–Crippen MR) is 148 cm³/mol. The highest BCUT2D eigenvalue weighted by Crippen LogP contribution is 2.39. The molecule has 0 saturated heterocycles. The molecule has 0 radical (unpaired) electrons. The highest BCUT2D eigenvalue weighted by Gasteiger charge is 2.34. The number of methoxy groups -OCH3 is 1. The predicted octanol–water partition coefficient (Wildman–Crippen LogP) is 6.75. The Morgan fingerprint density at radius 1 is 1.05 bits per heavy atom. The molecule has 2 N–H and O–H groups in total. The Morgan fingerprint density at radius 2 is 1.79 bits per heavy atom. The van der Waals surface area contributed by atoms with Gasteiger partial charge in [-0.25, -0.2) is 4.68 Å². The minimum atomic E-state index is -0.581. The number of ether oxygens (including phenoxy) is 2. The maximum Gasteiger partial charge on any atom is 0.255 e. The lowest BCUT2D eigenvalue weighted by Gasteiger charge is -2.29. The summed E-state index contributed by atoms with van der Waals surface area (Å²) >= 11 is 18.6. The number of nitrogens with one attached hydrogen (secondary N) is 2. The number of carbonyl (C=O) groups is 1. The van der Waals surface area contributed by atoms with Crippen molar-refractivity contribution >= 4 is 52.3 Å². The van der Waals surface area contributed by atoms with Crippen LogP contribution in [0.3, 0.4) is 0 Å². The third-order valence-corrected chi connectivity index (χ3v) is 7.04. The Balaban J connectivity index is 1.48. The Hall–Kier alpha value is -3.72. The van der Waals surface area contributed by atoms with E-state index in [1.807, 2.05) is 19.1 Å². The molecule has 1 atom stereocenters. The van der Waals surface area contributed by atoms with E-state index in [0.29, 0.717) is 55.0 Å². The van der Waals surface area contributed by atoms with Crippen molar-refractivity contribution in [1.29, 1.82) is 0 Å². The second kappa shape index (κ2) is 10.9. The van der Waals surface area contributed by atoms with Crippen LogP contribution < -0.4 is 20.1 Å². The summed E-state index contributed by atoms with van der Waals surface area (Å²) in [6.07, 6.45) is 1.44. The van der Waals surface area contributed by atoms with E-state index in [-0.39, 0.29) is 12.5 Å². The van der Waals surface area contributed by atoms with Gasteiger partial charge in [-0.2, -0.15) is 10.1 Å². The molecule has 2 heterocycles. The molecule has 3 aromatic carbocycles. The van der Waals surface area contributed by atoms with Gasteiger partial charge >= 0.3 is 0 Å². The summed E-state index contributed by atoms with van der Waals surface area (Å²) in [6.45, 7) is 1.98. The molecule has 11 heteroatoms. The lowest BCUT2D eigenvalue weighted by atomic mass is 9.94. The van der Waals surface area contributed by atoms with Gasteiger partial charge in [-0.05, 0) is 61.0 Å². The van der Waals surface area contributed by atoms with Crippen molar-refractivity contribution in [2.24, 2.45) is 0 Å². The molecule has 5 rings (SSSR count). The van der Waals surface area contributed by atoms with E-state index in [0.717, 1.165) is 5.56 Å². The number of amides is 1. The van der Waals surface area contributed by atoms with Crippen molar-refractivity contribution in [2.75, 3.05) is 17.7 Å². The minimum Gasteiger partial charge on any atom is -0.493 e.